The van der Waals surface area contributed by atoms with E-state index in [-0.39, 0.29) is 5.91 Å². The van der Waals surface area contributed by atoms with E-state index >= 15 is 0 Å². The van der Waals surface area contributed by atoms with Gasteiger partial charge >= 0.3 is 0 Å². The van der Waals surface area contributed by atoms with Gasteiger partial charge in [0.05, 0.1) is 0 Å². The number of hydrogen-bond acceptors (Lipinski definition) is 3. The predicted octanol–water partition coefficient (Wildman–Crippen LogP) is 3.49. The van der Waals surface area contributed by atoms with E-state index in [2.05, 4.69) is 20.5 Å². The summed E-state index contributed by atoms with van der Waals surface area (Å²) in [7, 11) is 0. The third kappa shape index (κ3) is 3.48. The zero-order valence-electron chi connectivity index (χ0n) is 12.0. The average Bonchev–Trinajstić information content (AvgIpc) is 2.81. The molecule has 1 aliphatic carbocycles. The first-order valence-electron chi connectivity index (χ1n) is 7.59. The molecule has 0 unspecified atom stereocenters. The molecule has 1 amide bonds. The van der Waals surface area contributed by atoms with Gasteiger partial charge in [-0.05, 0) is 25.0 Å². The lowest BCUT2D eigenvalue weighted by molar-refractivity contribution is 0.102. The number of rotatable bonds is 3. The highest BCUT2D eigenvalue weighted by Gasteiger charge is 2.17. The number of nitrogens with one attached hydrogen (secondary N) is 2. The van der Waals surface area contributed by atoms with Crippen LogP contribution in [0.1, 0.15) is 60.5 Å². The van der Waals surface area contributed by atoms with Gasteiger partial charge in [-0.1, -0.05) is 25.7 Å². The maximum atomic E-state index is 12.1. The van der Waals surface area contributed by atoms with Crippen LogP contribution in [0.4, 0.5) is 5.82 Å². The Morgan fingerprint density at radius 3 is 2.57 bits per heavy atom. The highest BCUT2D eigenvalue weighted by atomic mass is 16.1. The molecule has 5 heteroatoms. The Balaban J connectivity index is 1.66. The summed E-state index contributed by atoms with van der Waals surface area (Å²) in [6.07, 6.45) is 10.9. The van der Waals surface area contributed by atoms with Gasteiger partial charge in [0.1, 0.15) is 0 Å². The Kier molecular flexibility index (Phi) is 4.28. The maximum Gasteiger partial charge on any atom is 0.256 e. The number of carbonyl (C=O) groups is 1. The molecule has 2 heterocycles. The van der Waals surface area contributed by atoms with Crippen LogP contribution in [0, 0.1) is 0 Å². The fraction of sp³-hybridized carbons (Fsp3) is 0.438. The van der Waals surface area contributed by atoms with Crippen molar-refractivity contribution >= 4 is 11.7 Å². The molecule has 2 N–H and O–H groups in total. The molecule has 5 nitrogen and oxygen atoms in total. The molecule has 21 heavy (non-hydrogen) atoms. The maximum absolute atomic E-state index is 12.1. The van der Waals surface area contributed by atoms with Crippen LogP contribution in [0.3, 0.4) is 0 Å². The van der Waals surface area contributed by atoms with Gasteiger partial charge in [0.2, 0.25) is 0 Å². The number of nitrogens with zero attached hydrogens (tertiary/aromatic N) is 2. The molecule has 3 rings (SSSR count). The SMILES string of the molecule is O=C(Nc1cc(C2CCCCCC2)[nH]n1)c1ccncc1. The van der Waals surface area contributed by atoms with Gasteiger partial charge < -0.3 is 5.32 Å². The molecule has 2 aromatic heterocycles. The lowest BCUT2D eigenvalue weighted by Crippen LogP contribution is -2.12. The van der Waals surface area contributed by atoms with Crippen LogP contribution in [0.5, 0.6) is 0 Å². The van der Waals surface area contributed by atoms with Gasteiger partial charge in [0, 0.05) is 35.6 Å². The van der Waals surface area contributed by atoms with E-state index in [1.165, 1.54) is 38.5 Å². The van der Waals surface area contributed by atoms with Crippen molar-refractivity contribution in [2.75, 3.05) is 5.32 Å². The predicted molar refractivity (Wildman–Crippen MR) is 81.2 cm³/mol. The topological polar surface area (TPSA) is 70.7 Å². The Morgan fingerprint density at radius 2 is 1.86 bits per heavy atom. The minimum Gasteiger partial charge on any atom is -0.305 e. The third-order valence-electron chi connectivity index (χ3n) is 4.08. The number of amides is 1. The third-order valence-corrected chi connectivity index (χ3v) is 4.08. The van der Waals surface area contributed by atoms with Crippen molar-refractivity contribution in [2.45, 2.75) is 44.4 Å². The monoisotopic (exact) mass is 284 g/mol. The van der Waals surface area contributed by atoms with Gasteiger partial charge in [0.25, 0.3) is 5.91 Å². The largest absolute Gasteiger partial charge is 0.305 e. The smallest absolute Gasteiger partial charge is 0.256 e. The van der Waals surface area contributed by atoms with Gasteiger partial charge in [-0.25, -0.2) is 0 Å². The van der Waals surface area contributed by atoms with Crippen molar-refractivity contribution in [1.82, 2.24) is 15.2 Å². The van der Waals surface area contributed by atoms with E-state index in [4.69, 9.17) is 0 Å². The standard InChI is InChI=1S/C16H20N4O/c21-16(13-7-9-17-10-8-13)18-15-11-14(19-20-15)12-5-3-1-2-4-6-12/h7-12H,1-6H2,(H2,18,19,20,21). The van der Waals surface area contributed by atoms with Crippen molar-refractivity contribution in [2.24, 2.45) is 0 Å². The molecule has 2 aromatic rings. The number of carbonyl (C=O) groups excluding carboxylic acids is 1. The molecule has 110 valence electrons. The van der Waals surface area contributed by atoms with Gasteiger partial charge in [-0.2, -0.15) is 5.10 Å². The molecule has 0 radical (unpaired) electrons. The second kappa shape index (κ2) is 6.52. The lowest BCUT2D eigenvalue weighted by Gasteiger charge is -2.10. The lowest BCUT2D eigenvalue weighted by atomic mass is 9.97. The molecule has 0 atom stereocenters. The van der Waals surface area contributed by atoms with Crippen LogP contribution in [0.15, 0.2) is 30.6 Å². The van der Waals surface area contributed by atoms with Gasteiger partial charge in [-0.15, -0.1) is 0 Å². The Morgan fingerprint density at radius 1 is 1.14 bits per heavy atom. The zero-order chi connectivity index (χ0) is 14.5. The molecular formula is C16H20N4O. The molecule has 0 bridgehead atoms. The summed E-state index contributed by atoms with van der Waals surface area (Å²) in [4.78, 5) is 16.0. The van der Waals surface area contributed by atoms with Crippen LogP contribution in [-0.2, 0) is 0 Å². The van der Waals surface area contributed by atoms with Crippen LogP contribution in [0.2, 0.25) is 0 Å². The normalized spacial score (nSPS) is 16.4. The Hall–Kier alpha value is -2.17. The van der Waals surface area contributed by atoms with E-state index in [0.717, 1.165) is 5.69 Å². The molecule has 0 saturated heterocycles. The van der Waals surface area contributed by atoms with E-state index in [1.54, 1.807) is 24.5 Å². The second-order valence-electron chi connectivity index (χ2n) is 5.59. The van der Waals surface area contributed by atoms with E-state index in [1.807, 2.05) is 6.07 Å². The summed E-state index contributed by atoms with van der Waals surface area (Å²) in [6.45, 7) is 0. The molecule has 1 fully saturated rings. The molecule has 0 spiro atoms. The number of aromatic amines is 1. The van der Waals surface area contributed by atoms with Gasteiger partial charge in [0.15, 0.2) is 5.82 Å². The van der Waals surface area contributed by atoms with Crippen LogP contribution < -0.4 is 5.32 Å². The van der Waals surface area contributed by atoms with Crippen molar-refractivity contribution in [3.8, 4) is 0 Å². The highest BCUT2D eigenvalue weighted by molar-refractivity contribution is 6.03. The molecule has 1 aliphatic rings. The first-order valence-corrected chi connectivity index (χ1v) is 7.59. The first-order chi connectivity index (χ1) is 10.3. The summed E-state index contributed by atoms with van der Waals surface area (Å²) in [5, 5.41) is 10.1. The first kappa shape index (κ1) is 13.8. The molecule has 1 saturated carbocycles. The van der Waals surface area contributed by atoms with Crippen molar-refractivity contribution < 1.29 is 4.79 Å². The zero-order valence-corrected chi connectivity index (χ0v) is 12.0. The number of anilines is 1. The summed E-state index contributed by atoms with van der Waals surface area (Å²) >= 11 is 0. The number of aromatic nitrogens is 3. The minimum absolute atomic E-state index is 0.156. The molecule has 0 aromatic carbocycles. The molecular weight excluding hydrogens is 264 g/mol. The number of hydrogen-bond donors (Lipinski definition) is 2. The summed E-state index contributed by atoms with van der Waals surface area (Å²) in [5.74, 6) is 0.985. The highest BCUT2D eigenvalue weighted by Crippen LogP contribution is 2.31. The Bertz CT molecular complexity index is 585. The number of pyridine rings is 1. The van der Waals surface area contributed by atoms with E-state index < -0.39 is 0 Å². The van der Waals surface area contributed by atoms with Crippen LogP contribution in [0.25, 0.3) is 0 Å². The van der Waals surface area contributed by atoms with Crippen molar-refractivity contribution in [1.29, 1.82) is 0 Å². The summed E-state index contributed by atoms with van der Waals surface area (Å²) in [6, 6.07) is 5.34. The van der Waals surface area contributed by atoms with Gasteiger partial charge in [-0.3, -0.25) is 14.9 Å². The van der Waals surface area contributed by atoms with E-state index in [0.29, 0.717) is 17.3 Å². The van der Waals surface area contributed by atoms with Crippen molar-refractivity contribution in [3.05, 3.63) is 41.9 Å². The van der Waals surface area contributed by atoms with Crippen molar-refractivity contribution in [3.63, 3.8) is 0 Å². The Labute approximate surface area is 124 Å². The molecule has 0 aliphatic heterocycles. The summed E-state index contributed by atoms with van der Waals surface area (Å²) < 4.78 is 0. The number of H-pyrrole nitrogens is 1. The fourth-order valence-electron chi connectivity index (χ4n) is 2.89. The van der Waals surface area contributed by atoms with Crippen LogP contribution >= 0.6 is 0 Å². The average molecular weight is 284 g/mol. The summed E-state index contributed by atoms with van der Waals surface area (Å²) in [5.41, 5.74) is 1.73. The second-order valence-corrected chi connectivity index (χ2v) is 5.59. The van der Waals surface area contributed by atoms with Crippen LogP contribution in [-0.4, -0.2) is 21.1 Å². The quantitative estimate of drug-likeness (QED) is 0.847. The minimum atomic E-state index is -0.156. The fourth-order valence-corrected chi connectivity index (χ4v) is 2.89. The van der Waals surface area contributed by atoms with E-state index in [9.17, 15) is 4.79 Å².